The van der Waals surface area contributed by atoms with Gasteiger partial charge in [-0.2, -0.15) is 0 Å². The minimum Gasteiger partial charge on any atom is -0.472 e. The van der Waals surface area contributed by atoms with Gasteiger partial charge in [0.05, 0.1) is 6.61 Å². The molecule has 1 atom stereocenters. The summed E-state index contributed by atoms with van der Waals surface area (Å²) in [7, 11) is 0. The lowest BCUT2D eigenvalue weighted by molar-refractivity contribution is 0.144. The highest BCUT2D eigenvalue weighted by Crippen LogP contribution is 2.61. The average molecular weight is 766 g/mol. The first kappa shape index (κ1) is 37.4. The molecule has 0 bridgehead atoms. The summed E-state index contributed by atoms with van der Waals surface area (Å²) in [4.78, 5) is 2.48. The summed E-state index contributed by atoms with van der Waals surface area (Å²) < 4.78 is 27.8. The fourth-order valence-corrected chi connectivity index (χ4v) is 10.3. The van der Waals surface area contributed by atoms with Gasteiger partial charge in [-0.3, -0.25) is 0 Å². The summed E-state index contributed by atoms with van der Waals surface area (Å²) in [5, 5.41) is 5.80. The van der Waals surface area contributed by atoms with E-state index >= 15 is 0 Å². The molecule has 1 heterocycles. The first-order chi connectivity index (χ1) is 26.9. The van der Waals surface area contributed by atoms with Gasteiger partial charge >= 0.3 is 0 Å². The third kappa shape index (κ3) is 6.36. The lowest BCUT2D eigenvalue weighted by Crippen LogP contribution is -2.35. The molecule has 55 heavy (non-hydrogen) atoms. The van der Waals surface area contributed by atoms with Gasteiger partial charge < -0.3 is 14.8 Å². The fourth-order valence-electron chi connectivity index (χ4n) is 8.85. The largest absolute Gasteiger partial charge is 0.472 e. The number of thioether (sulfide) groups is 2. The number of anilines is 1. The van der Waals surface area contributed by atoms with Gasteiger partial charge in [-0.15, -0.1) is 23.5 Å². The normalized spacial score (nSPS) is 16.4. The van der Waals surface area contributed by atoms with Crippen LogP contribution in [0.2, 0.25) is 0 Å². The van der Waals surface area contributed by atoms with Crippen LogP contribution in [0.25, 0.3) is 39.1 Å². The standard InChI is InChI=1S/C49H48FNO2S2/c1-6-27-52-28-26-51-37-21-17-35(18-22-37)49(34-15-19-36(50)20-16-34)25-24-39-46-45(40-30-43(54-4)44(55-5)31-41(40)47(39)53-49)38-23-14-33(32-12-10-9-11-13-32)29-42(38)48(46,7-2)8-3/h9-25,29-31,51H,6-8,26-28H2,1-5H3. The molecule has 0 saturated carbocycles. The minimum atomic E-state index is -0.991. The molecule has 3 nitrogen and oxygen atoms in total. The molecule has 1 unspecified atom stereocenters. The zero-order chi connectivity index (χ0) is 38.2. The van der Waals surface area contributed by atoms with Crippen molar-refractivity contribution >= 4 is 46.1 Å². The number of ether oxygens (including phenoxy) is 2. The van der Waals surface area contributed by atoms with Gasteiger partial charge in [-0.25, -0.2) is 4.39 Å². The highest BCUT2D eigenvalue weighted by atomic mass is 32.2. The Bertz CT molecular complexity index is 2370. The van der Waals surface area contributed by atoms with Crippen molar-refractivity contribution in [2.75, 3.05) is 37.6 Å². The summed E-state index contributed by atoms with van der Waals surface area (Å²) >= 11 is 3.56. The number of hydrogen-bond donors (Lipinski definition) is 1. The van der Waals surface area contributed by atoms with Gasteiger partial charge in [0.25, 0.3) is 0 Å². The van der Waals surface area contributed by atoms with E-state index in [9.17, 15) is 4.39 Å². The van der Waals surface area contributed by atoms with E-state index in [0.717, 1.165) is 65.9 Å². The first-order valence-electron chi connectivity index (χ1n) is 19.4. The SMILES string of the molecule is CCCOCCNc1ccc(C2(c3ccc(F)cc3)C=Cc3c4c(c5cc(SC)c(SC)cc5c3O2)-c2ccc(-c3ccccc3)cc2C4(CC)CC)cc1. The smallest absolute Gasteiger partial charge is 0.178 e. The first-order valence-corrected chi connectivity index (χ1v) is 21.9. The number of fused-ring (bicyclic) bond motifs is 8. The minimum absolute atomic E-state index is 0.219. The lowest BCUT2D eigenvalue weighted by Gasteiger charge is -2.39. The van der Waals surface area contributed by atoms with Gasteiger partial charge in [0.1, 0.15) is 11.6 Å². The molecule has 0 amide bonds. The van der Waals surface area contributed by atoms with Gasteiger partial charge in [-0.1, -0.05) is 93.6 Å². The topological polar surface area (TPSA) is 30.5 Å². The summed E-state index contributed by atoms with van der Waals surface area (Å²) in [6, 6.07) is 37.8. The van der Waals surface area contributed by atoms with E-state index < -0.39 is 5.60 Å². The van der Waals surface area contributed by atoms with Crippen molar-refractivity contribution in [1.82, 2.24) is 0 Å². The van der Waals surface area contributed by atoms with Gasteiger partial charge in [0, 0.05) is 56.1 Å². The Morgan fingerprint density at radius 2 is 1.40 bits per heavy atom. The Kier molecular flexibility index (Phi) is 10.6. The molecule has 2 aliphatic rings. The summed E-state index contributed by atoms with van der Waals surface area (Å²) in [6.07, 6.45) is 11.7. The predicted octanol–water partition coefficient (Wildman–Crippen LogP) is 13.4. The van der Waals surface area contributed by atoms with E-state index in [1.54, 1.807) is 23.5 Å². The van der Waals surface area contributed by atoms with Crippen molar-refractivity contribution in [3.63, 3.8) is 0 Å². The molecule has 280 valence electrons. The molecule has 0 radical (unpaired) electrons. The molecule has 0 saturated heterocycles. The van der Waals surface area contributed by atoms with E-state index in [1.807, 2.05) is 12.1 Å². The van der Waals surface area contributed by atoms with E-state index in [4.69, 9.17) is 9.47 Å². The van der Waals surface area contributed by atoms with Gasteiger partial charge in [0.15, 0.2) is 5.60 Å². The second-order valence-electron chi connectivity index (χ2n) is 14.5. The van der Waals surface area contributed by atoms with Crippen LogP contribution >= 0.6 is 23.5 Å². The van der Waals surface area contributed by atoms with Crippen molar-refractivity contribution in [1.29, 1.82) is 0 Å². The van der Waals surface area contributed by atoms with Gasteiger partial charge in [0.2, 0.25) is 0 Å². The lowest BCUT2D eigenvalue weighted by atomic mass is 9.70. The third-order valence-corrected chi connectivity index (χ3v) is 13.3. The van der Waals surface area contributed by atoms with Crippen LogP contribution in [0.15, 0.2) is 125 Å². The highest BCUT2D eigenvalue weighted by Gasteiger charge is 2.47. The van der Waals surface area contributed by atoms with Gasteiger partial charge in [-0.05, 0) is 119 Å². The Hall–Kier alpha value is -4.49. The van der Waals surface area contributed by atoms with Crippen LogP contribution < -0.4 is 10.1 Å². The van der Waals surface area contributed by atoms with E-state index in [1.165, 1.54) is 60.7 Å². The number of halogens is 1. The van der Waals surface area contributed by atoms with E-state index in [0.29, 0.717) is 6.61 Å². The quantitative estimate of drug-likeness (QED) is 0.0934. The zero-order valence-electron chi connectivity index (χ0n) is 32.3. The van der Waals surface area contributed by atoms with Crippen LogP contribution in [0.4, 0.5) is 10.1 Å². The Morgan fingerprint density at radius 3 is 2.05 bits per heavy atom. The predicted molar refractivity (Wildman–Crippen MR) is 233 cm³/mol. The summed E-state index contributed by atoms with van der Waals surface area (Å²) in [6.45, 7) is 8.93. The highest BCUT2D eigenvalue weighted by molar-refractivity contribution is 8.01. The number of nitrogens with one attached hydrogen (secondary N) is 1. The van der Waals surface area contributed by atoms with E-state index in [2.05, 4.69) is 136 Å². The molecule has 6 heteroatoms. The summed E-state index contributed by atoms with van der Waals surface area (Å²) in [5.74, 6) is 0.603. The molecule has 0 fully saturated rings. The van der Waals surface area contributed by atoms with Crippen LogP contribution in [0, 0.1) is 5.82 Å². The Balaban J connectivity index is 1.36. The molecule has 0 aromatic heterocycles. The molecule has 1 aliphatic carbocycles. The van der Waals surface area contributed by atoms with Crippen LogP contribution in [-0.2, 0) is 15.8 Å². The van der Waals surface area contributed by atoms with Crippen LogP contribution in [-0.4, -0.2) is 32.3 Å². The summed E-state index contributed by atoms with van der Waals surface area (Å²) in [5.41, 5.74) is 10.6. The molecular weight excluding hydrogens is 718 g/mol. The van der Waals surface area contributed by atoms with Crippen molar-refractivity contribution in [3.05, 3.63) is 149 Å². The molecular formula is C49H48FNO2S2. The second kappa shape index (κ2) is 15.6. The maximum absolute atomic E-state index is 14.5. The third-order valence-electron chi connectivity index (χ3n) is 11.7. The van der Waals surface area contributed by atoms with Crippen molar-refractivity contribution < 1.29 is 13.9 Å². The number of hydrogen-bond acceptors (Lipinski definition) is 5. The molecule has 1 aliphatic heterocycles. The fraction of sp³-hybridized carbons (Fsp3) is 0.265. The number of benzene rings is 6. The Labute approximate surface area is 333 Å². The monoisotopic (exact) mass is 765 g/mol. The van der Waals surface area contributed by atoms with Crippen LogP contribution in [0.5, 0.6) is 5.75 Å². The molecule has 6 aromatic carbocycles. The number of rotatable bonds is 13. The Morgan fingerprint density at radius 1 is 0.727 bits per heavy atom. The molecule has 1 N–H and O–H groups in total. The average Bonchev–Trinajstić information content (AvgIpc) is 3.53. The van der Waals surface area contributed by atoms with E-state index in [-0.39, 0.29) is 11.2 Å². The van der Waals surface area contributed by atoms with Crippen molar-refractivity contribution in [2.45, 2.75) is 60.8 Å². The van der Waals surface area contributed by atoms with Crippen LogP contribution in [0.1, 0.15) is 67.9 Å². The zero-order valence-corrected chi connectivity index (χ0v) is 33.9. The molecule has 8 rings (SSSR count). The van der Waals surface area contributed by atoms with Crippen LogP contribution in [0.3, 0.4) is 0 Å². The van der Waals surface area contributed by atoms with Crippen molar-refractivity contribution in [2.24, 2.45) is 0 Å². The molecule has 6 aromatic rings. The maximum Gasteiger partial charge on any atom is 0.178 e. The maximum atomic E-state index is 14.5. The second-order valence-corrected chi connectivity index (χ2v) is 16.2. The molecule has 0 spiro atoms. The van der Waals surface area contributed by atoms with Crippen molar-refractivity contribution in [3.8, 4) is 28.0 Å².